The summed E-state index contributed by atoms with van der Waals surface area (Å²) in [5, 5.41) is 0. The number of sulfonamides is 1. The van der Waals surface area contributed by atoms with E-state index in [1.54, 1.807) is 12.1 Å². The van der Waals surface area contributed by atoms with Gasteiger partial charge in [0, 0.05) is 12.4 Å². The van der Waals surface area contributed by atoms with Crippen molar-refractivity contribution >= 4 is 21.6 Å². The molecule has 5 heteroatoms. The first-order valence-corrected chi connectivity index (χ1v) is 7.37. The summed E-state index contributed by atoms with van der Waals surface area (Å²) in [6.45, 7) is 2.42. The molecule has 1 N–H and O–H groups in total. The predicted molar refractivity (Wildman–Crippen MR) is 66.9 cm³/mol. The molecule has 0 aliphatic rings. The molecule has 0 aromatic heterocycles. The largest absolute Gasteiger partial charge is 0.215 e. The van der Waals surface area contributed by atoms with Gasteiger partial charge in [-0.3, -0.25) is 0 Å². The second-order valence-electron chi connectivity index (χ2n) is 3.60. The highest BCUT2D eigenvalue weighted by Crippen LogP contribution is 2.09. The van der Waals surface area contributed by atoms with Crippen molar-refractivity contribution in [2.24, 2.45) is 0 Å². The highest BCUT2D eigenvalue weighted by Gasteiger charge is 2.09. The van der Waals surface area contributed by atoms with Crippen molar-refractivity contribution in [3.63, 3.8) is 0 Å². The highest BCUT2D eigenvalue weighted by atomic mass is 35.5. The summed E-state index contributed by atoms with van der Waals surface area (Å²) in [4.78, 5) is 0. The highest BCUT2D eigenvalue weighted by molar-refractivity contribution is 7.88. The maximum absolute atomic E-state index is 11.6. The van der Waals surface area contributed by atoms with Crippen molar-refractivity contribution in [2.75, 3.05) is 6.54 Å². The van der Waals surface area contributed by atoms with Crippen molar-refractivity contribution < 1.29 is 8.42 Å². The van der Waals surface area contributed by atoms with E-state index in [4.69, 9.17) is 11.6 Å². The number of halogens is 1. The van der Waals surface area contributed by atoms with E-state index in [1.165, 1.54) is 0 Å². The standard InChI is InChI=1S/C11H16ClNO2S/c1-2-7-13-16(14,15)9-11-5-3-10(8-12)4-6-11/h3-6,13H,2,7-9H2,1H3. The Morgan fingerprint density at radius 3 is 2.25 bits per heavy atom. The van der Waals surface area contributed by atoms with Crippen LogP contribution in [0.5, 0.6) is 0 Å². The minimum atomic E-state index is -3.20. The third-order valence-electron chi connectivity index (χ3n) is 2.11. The zero-order chi connectivity index (χ0) is 12.0. The Morgan fingerprint density at radius 1 is 1.19 bits per heavy atom. The number of alkyl halides is 1. The number of rotatable bonds is 6. The fraction of sp³-hybridized carbons (Fsp3) is 0.455. The first-order valence-electron chi connectivity index (χ1n) is 5.18. The van der Waals surface area contributed by atoms with Crippen LogP contribution in [0.4, 0.5) is 0 Å². The quantitative estimate of drug-likeness (QED) is 0.799. The van der Waals surface area contributed by atoms with E-state index in [-0.39, 0.29) is 5.75 Å². The molecule has 0 aliphatic heterocycles. The maximum Gasteiger partial charge on any atom is 0.215 e. The van der Waals surface area contributed by atoms with E-state index in [0.717, 1.165) is 17.5 Å². The second-order valence-corrected chi connectivity index (χ2v) is 5.68. The van der Waals surface area contributed by atoms with Crippen LogP contribution < -0.4 is 4.72 Å². The third kappa shape index (κ3) is 4.51. The summed E-state index contributed by atoms with van der Waals surface area (Å²) >= 11 is 5.65. The summed E-state index contributed by atoms with van der Waals surface area (Å²) in [6.07, 6.45) is 0.796. The second kappa shape index (κ2) is 6.23. The lowest BCUT2D eigenvalue weighted by molar-refractivity contribution is 0.580. The molecule has 0 unspecified atom stereocenters. The fourth-order valence-corrected chi connectivity index (χ4v) is 2.68. The number of hydrogen-bond acceptors (Lipinski definition) is 2. The molecule has 0 saturated heterocycles. The Kier molecular flexibility index (Phi) is 5.25. The number of benzene rings is 1. The van der Waals surface area contributed by atoms with Gasteiger partial charge >= 0.3 is 0 Å². The molecule has 0 saturated carbocycles. The molecule has 0 aliphatic carbocycles. The Morgan fingerprint density at radius 2 is 1.75 bits per heavy atom. The van der Waals surface area contributed by atoms with Crippen molar-refractivity contribution in [1.29, 1.82) is 0 Å². The van der Waals surface area contributed by atoms with E-state index >= 15 is 0 Å². The fourth-order valence-electron chi connectivity index (χ4n) is 1.25. The summed E-state index contributed by atoms with van der Waals surface area (Å²) in [5.74, 6) is 0.469. The normalized spacial score (nSPS) is 11.6. The first kappa shape index (κ1) is 13.5. The van der Waals surface area contributed by atoms with E-state index in [0.29, 0.717) is 12.4 Å². The Hall–Kier alpha value is -0.580. The molecular weight excluding hydrogens is 246 g/mol. The predicted octanol–water partition coefficient (Wildman–Crippen LogP) is 2.25. The molecule has 0 fully saturated rings. The molecule has 1 aromatic rings. The third-order valence-corrected chi connectivity index (χ3v) is 3.77. The van der Waals surface area contributed by atoms with Crippen LogP contribution >= 0.6 is 11.6 Å². The van der Waals surface area contributed by atoms with Crippen LogP contribution in [0, 0.1) is 0 Å². The number of nitrogens with one attached hydrogen (secondary N) is 1. The van der Waals surface area contributed by atoms with Gasteiger partial charge in [-0.1, -0.05) is 31.2 Å². The molecule has 0 amide bonds. The summed E-state index contributed by atoms with van der Waals surface area (Å²) in [6, 6.07) is 7.28. The summed E-state index contributed by atoms with van der Waals surface area (Å²) < 4.78 is 25.7. The SMILES string of the molecule is CCCNS(=O)(=O)Cc1ccc(CCl)cc1. The van der Waals surface area contributed by atoms with Crippen LogP contribution in [0.15, 0.2) is 24.3 Å². The molecule has 3 nitrogen and oxygen atoms in total. The lowest BCUT2D eigenvalue weighted by atomic mass is 10.2. The molecule has 0 atom stereocenters. The zero-order valence-corrected chi connectivity index (χ0v) is 10.8. The molecule has 90 valence electrons. The van der Waals surface area contributed by atoms with E-state index in [2.05, 4.69) is 4.72 Å². The monoisotopic (exact) mass is 261 g/mol. The maximum atomic E-state index is 11.6. The van der Waals surface area contributed by atoms with Crippen LogP contribution in [0.1, 0.15) is 24.5 Å². The Labute approximate surface area is 102 Å². The minimum Gasteiger partial charge on any atom is -0.215 e. The molecular formula is C11H16ClNO2S. The van der Waals surface area contributed by atoms with Gasteiger partial charge in [0.05, 0.1) is 5.75 Å². The van der Waals surface area contributed by atoms with Crippen molar-refractivity contribution in [2.45, 2.75) is 25.0 Å². The van der Waals surface area contributed by atoms with E-state index < -0.39 is 10.0 Å². The van der Waals surface area contributed by atoms with Crippen LogP contribution in [0.2, 0.25) is 0 Å². The van der Waals surface area contributed by atoms with Gasteiger partial charge in [-0.15, -0.1) is 11.6 Å². The molecule has 0 heterocycles. The smallest absolute Gasteiger partial charge is 0.215 e. The Bertz CT molecular complexity index is 414. The van der Waals surface area contributed by atoms with Crippen LogP contribution in [-0.4, -0.2) is 15.0 Å². The van der Waals surface area contributed by atoms with E-state index in [9.17, 15) is 8.42 Å². The molecule has 16 heavy (non-hydrogen) atoms. The minimum absolute atomic E-state index is 0.0234. The van der Waals surface area contributed by atoms with Gasteiger partial charge in [-0.2, -0.15) is 0 Å². The molecule has 1 rings (SSSR count). The summed E-state index contributed by atoms with van der Waals surface area (Å²) in [7, 11) is -3.20. The first-order chi connectivity index (χ1) is 7.57. The van der Waals surface area contributed by atoms with E-state index in [1.807, 2.05) is 19.1 Å². The van der Waals surface area contributed by atoms with Crippen LogP contribution in [0.25, 0.3) is 0 Å². The van der Waals surface area contributed by atoms with Crippen LogP contribution in [-0.2, 0) is 21.7 Å². The molecule has 0 bridgehead atoms. The lowest BCUT2D eigenvalue weighted by Gasteiger charge is -2.05. The number of hydrogen-bond donors (Lipinski definition) is 1. The van der Waals surface area contributed by atoms with Gasteiger partial charge in [0.1, 0.15) is 0 Å². The molecule has 1 aromatic carbocycles. The van der Waals surface area contributed by atoms with Gasteiger partial charge in [0.15, 0.2) is 0 Å². The Balaban J connectivity index is 2.65. The zero-order valence-electron chi connectivity index (χ0n) is 9.24. The molecule has 0 radical (unpaired) electrons. The van der Waals surface area contributed by atoms with Crippen LogP contribution in [0.3, 0.4) is 0 Å². The average molecular weight is 262 g/mol. The summed E-state index contributed by atoms with van der Waals surface area (Å²) in [5.41, 5.74) is 1.77. The van der Waals surface area contributed by atoms with Gasteiger partial charge < -0.3 is 0 Å². The van der Waals surface area contributed by atoms with Gasteiger partial charge in [0.25, 0.3) is 0 Å². The van der Waals surface area contributed by atoms with Gasteiger partial charge in [-0.05, 0) is 17.5 Å². The van der Waals surface area contributed by atoms with Crippen molar-refractivity contribution in [3.8, 4) is 0 Å². The lowest BCUT2D eigenvalue weighted by Crippen LogP contribution is -2.25. The average Bonchev–Trinajstić information content (AvgIpc) is 2.27. The van der Waals surface area contributed by atoms with Crippen molar-refractivity contribution in [1.82, 2.24) is 4.72 Å². The van der Waals surface area contributed by atoms with Crippen molar-refractivity contribution in [3.05, 3.63) is 35.4 Å². The topological polar surface area (TPSA) is 46.2 Å². The molecule has 0 spiro atoms. The van der Waals surface area contributed by atoms with Gasteiger partial charge in [-0.25, -0.2) is 13.1 Å². The van der Waals surface area contributed by atoms with Gasteiger partial charge in [0.2, 0.25) is 10.0 Å².